The highest BCUT2D eigenvalue weighted by atomic mass is 32.2. The van der Waals surface area contributed by atoms with Crippen LogP contribution in [0.2, 0.25) is 16.6 Å². The molecule has 3 rings (SSSR count). The molecule has 194 valence electrons. The van der Waals surface area contributed by atoms with E-state index >= 15 is 0 Å². The van der Waals surface area contributed by atoms with Gasteiger partial charge >= 0.3 is 5.97 Å². The smallest absolute Gasteiger partial charge is 0.305 e. The Morgan fingerprint density at radius 3 is 2.14 bits per heavy atom. The van der Waals surface area contributed by atoms with Crippen LogP contribution in [0.1, 0.15) is 65.1 Å². The van der Waals surface area contributed by atoms with E-state index in [9.17, 15) is 14.5 Å². The van der Waals surface area contributed by atoms with Gasteiger partial charge in [0.15, 0.2) is 13.1 Å². The van der Waals surface area contributed by atoms with Crippen LogP contribution in [0.15, 0.2) is 71.9 Å². The number of aliphatic carboxylic acids is 1. The van der Waals surface area contributed by atoms with Crippen molar-refractivity contribution in [3.05, 3.63) is 78.1 Å². The SMILES string of the molecule is Cc1ccc([S+]([O-])N[C@@H](CC(=O)O)c2cccc(-c3ccn([Si](C(C)C)(C(C)C)C(C)C)c3)c2)cc1. The van der Waals surface area contributed by atoms with Gasteiger partial charge in [0.2, 0.25) is 0 Å². The molecule has 0 radical (unpaired) electrons. The average Bonchev–Trinajstić information content (AvgIpc) is 3.28. The molecule has 1 unspecified atom stereocenters. The molecule has 0 fully saturated rings. The number of aryl methyl sites for hydroxylation is 1. The summed E-state index contributed by atoms with van der Waals surface area (Å²) in [5.74, 6) is -0.938. The van der Waals surface area contributed by atoms with Crippen LogP contribution in [-0.2, 0) is 16.2 Å². The number of hydrogen-bond acceptors (Lipinski definition) is 3. The third-order valence-corrected chi connectivity index (χ3v) is 15.3. The molecule has 0 bridgehead atoms. The maximum Gasteiger partial charge on any atom is 0.305 e. The van der Waals surface area contributed by atoms with Gasteiger partial charge < -0.3 is 13.9 Å². The Labute approximate surface area is 220 Å². The van der Waals surface area contributed by atoms with Gasteiger partial charge in [0.25, 0.3) is 0 Å². The van der Waals surface area contributed by atoms with Crippen LogP contribution in [-0.4, -0.2) is 28.1 Å². The second-order valence-corrected chi connectivity index (χ2v) is 17.6. The fourth-order valence-electron chi connectivity index (χ4n) is 5.90. The molecule has 0 amide bonds. The molecule has 1 heterocycles. The Bertz CT molecular complexity index is 1140. The van der Waals surface area contributed by atoms with Gasteiger partial charge in [0.1, 0.15) is 0 Å². The molecular formula is C29H40N2O3SSi. The normalized spacial score (nSPS) is 14.0. The first kappa shape index (κ1) is 28.3. The Kier molecular flexibility index (Phi) is 9.27. The van der Waals surface area contributed by atoms with Crippen molar-refractivity contribution in [1.82, 2.24) is 8.95 Å². The van der Waals surface area contributed by atoms with Crippen molar-refractivity contribution >= 4 is 25.6 Å². The van der Waals surface area contributed by atoms with Crippen molar-refractivity contribution in [2.45, 2.75) is 82.4 Å². The highest BCUT2D eigenvalue weighted by molar-refractivity contribution is 7.89. The van der Waals surface area contributed by atoms with Crippen LogP contribution in [0.4, 0.5) is 0 Å². The predicted octanol–water partition coefficient (Wildman–Crippen LogP) is 7.32. The van der Waals surface area contributed by atoms with Crippen molar-refractivity contribution in [1.29, 1.82) is 0 Å². The molecule has 36 heavy (non-hydrogen) atoms. The number of benzene rings is 2. The van der Waals surface area contributed by atoms with Gasteiger partial charge in [-0.1, -0.05) is 77.4 Å². The minimum Gasteiger partial charge on any atom is -0.593 e. The third-order valence-electron chi connectivity index (χ3n) is 7.40. The van der Waals surface area contributed by atoms with E-state index in [0.717, 1.165) is 22.3 Å². The Balaban J connectivity index is 1.94. The van der Waals surface area contributed by atoms with E-state index in [1.165, 1.54) is 0 Å². The summed E-state index contributed by atoms with van der Waals surface area (Å²) in [5.41, 5.74) is 5.80. The standard InChI is InChI=1S/C29H40N2O3SSi/c1-20(2)36(21(3)4,22(5)6)31-16-15-26(19-31)24-9-8-10-25(17-24)28(18-29(32)33)30-35(34)27-13-11-23(7)12-14-27/h8-17,19-22,28,30H,18H2,1-7H3,(H,32,33)/t28-,35?/m0/s1. The zero-order chi connectivity index (χ0) is 26.6. The largest absolute Gasteiger partial charge is 0.593 e. The monoisotopic (exact) mass is 524 g/mol. The Hall–Kier alpha value is -2.32. The Morgan fingerprint density at radius 1 is 0.972 bits per heavy atom. The van der Waals surface area contributed by atoms with E-state index in [1.807, 2.05) is 49.4 Å². The van der Waals surface area contributed by atoms with Gasteiger partial charge in [0.05, 0.1) is 23.8 Å². The number of carbonyl (C=O) groups is 1. The van der Waals surface area contributed by atoms with Gasteiger partial charge in [-0.25, -0.2) is 0 Å². The summed E-state index contributed by atoms with van der Waals surface area (Å²) < 4.78 is 18.5. The molecule has 0 aliphatic carbocycles. The van der Waals surface area contributed by atoms with Crippen LogP contribution < -0.4 is 4.72 Å². The molecule has 3 aromatic rings. The lowest BCUT2D eigenvalue weighted by Gasteiger charge is -2.44. The fraction of sp³-hybridized carbons (Fsp3) is 0.414. The lowest BCUT2D eigenvalue weighted by atomic mass is 10.00. The van der Waals surface area contributed by atoms with E-state index in [2.05, 4.69) is 75.0 Å². The number of aromatic nitrogens is 1. The number of carboxylic acid groups (broad SMARTS) is 1. The maximum absolute atomic E-state index is 13.0. The molecule has 7 heteroatoms. The first-order valence-corrected chi connectivity index (χ1v) is 16.0. The number of rotatable bonds is 11. The summed E-state index contributed by atoms with van der Waals surface area (Å²) >= 11 is -1.53. The molecule has 2 N–H and O–H groups in total. The van der Waals surface area contributed by atoms with E-state index in [-0.39, 0.29) is 6.42 Å². The summed E-state index contributed by atoms with van der Waals surface area (Å²) in [4.78, 5) is 12.3. The lowest BCUT2D eigenvalue weighted by molar-refractivity contribution is -0.137. The zero-order valence-electron chi connectivity index (χ0n) is 22.5. The minimum absolute atomic E-state index is 0.161. The van der Waals surface area contributed by atoms with Gasteiger partial charge in [-0.05, 0) is 70.7 Å². The van der Waals surface area contributed by atoms with E-state index in [4.69, 9.17) is 0 Å². The second-order valence-electron chi connectivity index (χ2n) is 10.6. The molecular weight excluding hydrogens is 484 g/mol. The van der Waals surface area contributed by atoms with Crippen molar-refractivity contribution in [2.75, 3.05) is 0 Å². The van der Waals surface area contributed by atoms with Crippen LogP contribution >= 0.6 is 0 Å². The average molecular weight is 525 g/mol. The third kappa shape index (κ3) is 5.97. The summed E-state index contributed by atoms with van der Waals surface area (Å²) in [7, 11) is -1.85. The second kappa shape index (κ2) is 11.8. The van der Waals surface area contributed by atoms with Crippen LogP contribution in [0.5, 0.6) is 0 Å². The van der Waals surface area contributed by atoms with Crippen LogP contribution in [0.3, 0.4) is 0 Å². The minimum atomic E-state index is -1.85. The van der Waals surface area contributed by atoms with E-state index in [1.54, 1.807) is 0 Å². The number of carboxylic acids is 1. The zero-order valence-corrected chi connectivity index (χ0v) is 24.3. The first-order chi connectivity index (χ1) is 17.0. The molecule has 0 aliphatic rings. The van der Waals surface area contributed by atoms with Crippen molar-refractivity contribution in [2.24, 2.45) is 0 Å². The van der Waals surface area contributed by atoms with Crippen molar-refractivity contribution in [3.63, 3.8) is 0 Å². The van der Waals surface area contributed by atoms with E-state index in [0.29, 0.717) is 21.5 Å². The van der Waals surface area contributed by atoms with Gasteiger partial charge in [-0.3, -0.25) is 4.79 Å². The first-order valence-electron chi connectivity index (χ1n) is 12.7. The topological polar surface area (TPSA) is 77.3 Å². The van der Waals surface area contributed by atoms with Crippen molar-refractivity contribution < 1.29 is 14.5 Å². The summed E-state index contributed by atoms with van der Waals surface area (Å²) in [6, 6.07) is 16.9. The molecule has 0 saturated carbocycles. The van der Waals surface area contributed by atoms with Gasteiger partial charge in [-0.2, -0.15) is 0 Å². The van der Waals surface area contributed by atoms with E-state index < -0.39 is 31.6 Å². The number of nitrogens with one attached hydrogen (secondary N) is 1. The molecule has 2 aromatic carbocycles. The number of nitrogens with zero attached hydrogens (tertiary/aromatic N) is 1. The lowest BCUT2D eigenvalue weighted by Crippen LogP contribution is -2.51. The maximum atomic E-state index is 13.0. The van der Waals surface area contributed by atoms with Gasteiger partial charge in [0, 0.05) is 6.20 Å². The Morgan fingerprint density at radius 2 is 1.58 bits per heavy atom. The summed E-state index contributed by atoms with van der Waals surface area (Å²) in [5, 5.41) is 9.56. The molecule has 5 nitrogen and oxygen atoms in total. The van der Waals surface area contributed by atoms with Gasteiger partial charge in [-0.15, -0.1) is 4.72 Å². The van der Waals surface area contributed by atoms with Crippen molar-refractivity contribution in [3.8, 4) is 11.1 Å². The fourth-order valence-corrected chi connectivity index (χ4v) is 13.4. The quantitative estimate of drug-likeness (QED) is 0.204. The summed E-state index contributed by atoms with van der Waals surface area (Å²) in [6.07, 6.45) is 4.34. The molecule has 0 saturated heterocycles. The molecule has 2 atom stereocenters. The highest BCUT2D eigenvalue weighted by Gasteiger charge is 2.45. The van der Waals surface area contributed by atoms with Crippen LogP contribution in [0, 0.1) is 6.92 Å². The summed E-state index contributed by atoms with van der Waals surface area (Å²) in [6.45, 7) is 16.1. The van der Waals surface area contributed by atoms with Crippen LogP contribution in [0.25, 0.3) is 11.1 Å². The molecule has 1 aromatic heterocycles. The molecule has 0 aliphatic heterocycles. The number of hydrogen-bond donors (Lipinski definition) is 2. The predicted molar refractivity (Wildman–Crippen MR) is 152 cm³/mol. The molecule has 0 spiro atoms. The highest BCUT2D eigenvalue weighted by Crippen LogP contribution is 2.43.